The van der Waals surface area contributed by atoms with E-state index in [1.165, 1.54) is 25.7 Å². The monoisotopic (exact) mass is 222 g/mol. The van der Waals surface area contributed by atoms with Crippen molar-refractivity contribution < 1.29 is 0 Å². The van der Waals surface area contributed by atoms with Gasteiger partial charge >= 0.3 is 0 Å². The van der Waals surface area contributed by atoms with Crippen LogP contribution in [0.25, 0.3) is 0 Å². The van der Waals surface area contributed by atoms with E-state index in [1.54, 1.807) is 0 Å². The highest BCUT2D eigenvalue weighted by atomic mass is 32.1. The summed E-state index contributed by atoms with van der Waals surface area (Å²) < 4.78 is 0.636. The minimum absolute atomic E-state index is 0. The van der Waals surface area contributed by atoms with E-state index >= 15 is 0 Å². The van der Waals surface area contributed by atoms with Gasteiger partial charge in [0.1, 0.15) is 0 Å². The van der Waals surface area contributed by atoms with Gasteiger partial charge in [-0.1, -0.05) is 31.0 Å². The third-order valence-corrected chi connectivity index (χ3v) is 2.34. The number of rotatable bonds is 6. The van der Waals surface area contributed by atoms with Crippen LogP contribution in [0.15, 0.2) is 0 Å². The van der Waals surface area contributed by atoms with Crippen LogP contribution in [-0.4, -0.2) is 22.3 Å². The van der Waals surface area contributed by atoms with Crippen LogP contribution in [0.5, 0.6) is 0 Å². The molecule has 0 aliphatic carbocycles. The zero-order chi connectivity index (χ0) is 9.40. The SMILES string of the molecule is CCCCN(CCCC)C(=S)[S-].[NH4+]. The quantitative estimate of drug-likeness (QED) is 0.554. The first-order valence-corrected chi connectivity index (χ1v) is 5.50. The smallest absolute Gasteiger partial charge is 0.0162 e. The molecule has 0 aromatic carbocycles. The molecule has 2 nitrogen and oxygen atoms in total. The average Bonchev–Trinajstić information content (AvgIpc) is 2.04. The van der Waals surface area contributed by atoms with Gasteiger partial charge in [0.15, 0.2) is 0 Å². The summed E-state index contributed by atoms with van der Waals surface area (Å²) in [5, 5.41) is 0. The molecule has 4 N–H and O–H groups in total. The second-order valence-corrected chi connectivity index (χ2v) is 3.99. The maximum atomic E-state index is 4.98. The molecule has 13 heavy (non-hydrogen) atoms. The lowest BCUT2D eigenvalue weighted by Gasteiger charge is -2.28. The summed E-state index contributed by atoms with van der Waals surface area (Å²) in [7, 11) is 0. The first-order valence-electron chi connectivity index (χ1n) is 4.68. The van der Waals surface area contributed by atoms with Crippen molar-refractivity contribution in [1.29, 1.82) is 0 Å². The van der Waals surface area contributed by atoms with Gasteiger partial charge in [-0.2, -0.15) is 0 Å². The van der Waals surface area contributed by atoms with E-state index < -0.39 is 0 Å². The van der Waals surface area contributed by atoms with Crippen molar-refractivity contribution in [3.63, 3.8) is 0 Å². The Hall–Kier alpha value is 0.0700. The second kappa shape index (κ2) is 10.2. The van der Waals surface area contributed by atoms with Crippen LogP contribution in [-0.2, 0) is 12.6 Å². The largest absolute Gasteiger partial charge is 0.411 e. The van der Waals surface area contributed by atoms with Gasteiger partial charge in [0, 0.05) is 13.1 Å². The Kier molecular flexibility index (Phi) is 12.1. The Morgan fingerprint density at radius 1 is 1.15 bits per heavy atom. The molecule has 0 rings (SSSR count). The molecular formula is C9H22N2S2. The third-order valence-electron chi connectivity index (χ3n) is 1.82. The maximum absolute atomic E-state index is 4.98. The highest BCUT2D eigenvalue weighted by molar-refractivity contribution is 8.00. The van der Waals surface area contributed by atoms with Crippen LogP contribution >= 0.6 is 12.2 Å². The summed E-state index contributed by atoms with van der Waals surface area (Å²) in [6.45, 7) is 6.45. The van der Waals surface area contributed by atoms with Gasteiger partial charge in [-0.15, -0.1) is 0 Å². The zero-order valence-electron chi connectivity index (χ0n) is 9.01. The van der Waals surface area contributed by atoms with E-state index in [9.17, 15) is 0 Å². The fraction of sp³-hybridized carbons (Fsp3) is 0.889. The highest BCUT2D eigenvalue weighted by Crippen LogP contribution is 2.00. The standard InChI is InChI=1S/C9H19NS2.H3N/c1-3-5-7-10(9(11)12)8-6-4-2;/h3-8H2,1-2H3,(H,11,12);1H3. The van der Waals surface area contributed by atoms with Gasteiger partial charge in [0.05, 0.1) is 0 Å². The lowest BCUT2D eigenvalue weighted by Crippen LogP contribution is -2.29. The zero-order valence-corrected chi connectivity index (χ0v) is 10.6. The van der Waals surface area contributed by atoms with E-state index in [2.05, 4.69) is 18.7 Å². The minimum Gasteiger partial charge on any atom is -0.411 e. The average molecular weight is 222 g/mol. The van der Waals surface area contributed by atoms with Crippen molar-refractivity contribution in [2.75, 3.05) is 13.1 Å². The van der Waals surface area contributed by atoms with Crippen molar-refractivity contribution in [3.05, 3.63) is 0 Å². The molecule has 0 aliphatic heterocycles. The Balaban J connectivity index is 0. The number of unbranched alkanes of at least 4 members (excludes halogenated alkanes) is 2. The molecule has 0 heterocycles. The third kappa shape index (κ3) is 8.40. The van der Waals surface area contributed by atoms with Crippen LogP contribution in [0.2, 0.25) is 0 Å². The van der Waals surface area contributed by atoms with E-state index in [1.807, 2.05) is 0 Å². The predicted octanol–water partition coefficient (Wildman–Crippen LogP) is 3.10. The molecule has 0 unspecified atom stereocenters. The predicted molar refractivity (Wildman–Crippen MR) is 67.3 cm³/mol. The topological polar surface area (TPSA) is 39.7 Å². The molecule has 0 saturated carbocycles. The molecular weight excluding hydrogens is 200 g/mol. The Morgan fingerprint density at radius 2 is 1.54 bits per heavy atom. The first-order chi connectivity index (χ1) is 5.72. The summed E-state index contributed by atoms with van der Waals surface area (Å²) in [5.74, 6) is 0. The van der Waals surface area contributed by atoms with Gasteiger partial charge in [-0.3, -0.25) is 0 Å². The molecule has 0 aromatic heterocycles. The number of thiocarbonyl (C=S) groups is 1. The Labute approximate surface area is 93.1 Å². The van der Waals surface area contributed by atoms with Crippen molar-refractivity contribution in [2.45, 2.75) is 39.5 Å². The lowest BCUT2D eigenvalue weighted by atomic mass is 10.3. The summed E-state index contributed by atoms with van der Waals surface area (Å²) >= 11 is 9.97. The molecule has 0 fully saturated rings. The maximum Gasteiger partial charge on any atom is 0.0162 e. The van der Waals surface area contributed by atoms with Crippen molar-refractivity contribution in [3.8, 4) is 0 Å². The molecule has 0 radical (unpaired) electrons. The number of quaternary nitrogens is 1. The summed E-state index contributed by atoms with van der Waals surface area (Å²) in [4.78, 5) is 2.14. The van der Waals surface area contributed by atoms with E-state index in [4.69, 9.17) is 24.8 Å². The molecule has 0 aromatic rings. The molecule has 0 spiro atoms. The van der Waals surface area contributed by atoms with E-state index in [-0.39, 0.29) is 6.15 Å². The summed E-state index contributed by atoms with van der Waals surface area (Å²) in [6.07, 6.45) is 4.81. The van der Waals surface area contributed by atoms with E-state index in [0.29, 0.717) is 4.32 Å². The van der Waals surface area contributed by atoms with Crippen LogP contribution in [0.1, 0.15) is 39.5 Å². The normalized spacial score (nSPS) is 9.08. The first kappa shape index (κ1) is 15.5. The van der Waals surface area contributed by atoms with Gasteiger partial charge in [0.2, 0.25) is 0 Å². The molecule has 0 aliphatic rings. The molecule has 0 atom stereocenters. The van der Waals surface area contributed by atoms with Crippen LogP contribution in [0, 0.1) is 0 Å². The summed E-state index contributed by atoms with van der Waals surface area (Å²) in [6, 6.07) is 0. The van der Waals surface area contributed by atoms with Gasteiger partial charge in [0.25, 0.3) is 0 Å². The number of hydrogen-bond acceptors (Lipinski definition) is 2. The number of hydrogen-bond donors (Lipinski definition) is 1. The van der Waals surface area contributed by atoms with Gasteiger partial charge in [-0.05, 0) is 12.8 Å². The minimum atomic E-state index is 0. The number of nitrogens with zero attached hydrogens (tertiary/aromatic N) is 1. The fourth-order valence-electron chi connectivity index (χ4n) is 0.992. The van der Waals surface area contributed by atoms with Crippen molar-refractivity contribution in [1.82, 2.24) is 11.1 Å². The van der Waals surface area contributed by atoms with Crippen molar-refractivity contribution in [2.24, 2.45) is 0 Å². The highest BCUT2D eigenvalue weighted by Gasteiger charge is 1.98. The van der Waals surface area contributed by atoms with Gasteiger partial charge < -0.3 is 35.9 Å². The Bertz CT molecular complexity index is 121. The van der Waals surface area contributed by atoms with Crippen molar-refractivity contribution >= 4 is 29.2 Å². The molecule has 0 saturated heterocycles. The second-order valence-electron chi connectivity index (χ2n) is 2.96. The van der Waals surface area contributed by atoms with Crippen LogP contribution in [0.4, 0.5) is 0 Å². The summed E-state index contributed by atoms with van der Waals surface area (Å²) in [5.41, 5.74) is 0. The molecule has 0 bridgehead atoms. The molecule has 4 heteroatoms. The van der Waals surface area contributed by atoms with Crippen LogP contribution in [0.3, 0.4) is 0 Å². The molecule has 80 valence electrons. The lowest BCUT2D eigenvalue weighted by molar-refractivity contribution is 0.411. The fourth-order valence-corrected chi connectivity index (χ4v) is 1.36. The Morgan fingerprint density at radius 3 is 1.77 bits per heavy atom. The van der Waals surface area contributed by atoms with Gasteiger partial charge in [-0.25, -0.2) is 0 Å². The molecule has 0 amide bonds. The van der Waals surface area contributed by atoms with E-state index in [0.717, 1.165) is 13.1 Å². The van der Waals surface area contributed by atoms with Crippen LogP contribution < -0.4 is 6.15 Å².